The molecule has 88 valence electrons. The van der Waals surface area contributed by atoms with E-state index in [0.717, 1.165) is 19.3 Å². The SMILES string of the molecule is CC(O)CCC1C(C)CC(=O)CC1(C)C. The number of aliphatic hydroxyl groups excluding tert-OH is 1. The second-order valence-corrected chi connectivity index (χ2v) is 5.92. The van der Waals surface area contributed by atoms with Gasteiger partial charge in [0.25, 0.3) is 0 Å². The molecule has 0 heterocycles. The van der Waals surface area contributed by atoms with Gasteiger partial charge in [-0.2, -0.15) is 0 Å². The molecule has 0 aliphatic heterocycles. The molecule has 0 bridgehead atoms. The number of hydrogen-bond donors (Lipinski definition) is 1. The van der Waals surface area contributed by atoms with Gasteiger partial charge in [-0.05, 0) is 37.0 Å². The lowest BCUT2D eigenvalue weighted by Gasteiger charge is -2.42. The van der Waals surface area contributed by atoms with E-state index in [0.29, 0.717) is 24.0 Å². The van der Waals surface area contributed by atoms with E-state index >= 15 is 0 Å². The van der Waals surface area contributed by atoms with Crippen molar-refractivity contribution >= 4 is 5.78 Å². The zero-order valence-corrected chi connectivity index (χ0v) is 10.4. The number of aliphatic hydroxyl groups is 1. The van der Waals surface area contributed by atoms with Gasteiger partial charge in [0.1, 0.15) is 5.78 Å². The number of hydrogen-bond acceptors (Lipinski definition) is 2. The molecule has 15 heavy (non-hydrogen) atoms. The van der Waals surface area contributed by atoms with Crippen molar-refractivity contribution in [1.82, 2.24) is 0 Å². The first-order chi connectivity index (χ1) is 6.83. The van der Waals surface area contributed by atoms with Gasteiger partial charge in [0.15, 0.2) is 0 Å². The van der Waals surface area contributed by atoms with E-state index in [1.165, 1.54) is 0 Å². The molecule has 0 aromatic rings. The van der Waals surface area contributed by atoms with Crippen LogP contribution in [0.4, 0.5) is 0 Å². The summed E-state index contributed by atoms with van der Waals surface area (Å²) in [6.07, 6.45) is 3.12. The molecule has 1 saturated carbocycles. The van der Waals surface area contributed by atoms with Crippen LogP contribution in [0.25, 0.3) is 0 Å². The molecular formula is C13H24O2. The Bertz CT molecular complexity index is 231. The molecule has 1 rings (SSSR count). The van der Waals surface area contributed by atoms with Crippen molar-refractivity contribution in [3.63, 3.8) is 0 Å². The number of carbonyl (C=O) groups is 1. The van der Waals surface area contributed by atoms with Crippen molar-refractivity contribution in [1.29, 1.82) is 0 Å². The Kier molecular flexibility index (Phi) is 3.93. The average Bonchev–Trinajstić information content (AvgIpc) is 1.98. The Balaban J connectivity index is 2.63. The van der Waals surface area contributed by atoms with Gasteiger partial charge in [-0.1, -0.05) is 20.8 Å². The van der Waals surface area contributed by atoms with Crippen LogP contribution in [0, 0.1) is 17.3 Å². The Morgan fingerprint density at radius 2 is 2.13 bits per heavy atom. The van der Waals surface area contributed by atoms with E-state index in [1.807, 2.05) is 6.92 Å². The smallest absolute Gasteiger partial charge is 0.133 e. The van der Waals surface area contributed by atoms with Crippen molar-refractivity contribution < 1.29 is 9.90 Å². The zero-order valence-electron chi connectivity index (χ0n) is 10.4. The lowest BCUT2D eigenvalue weighted by molar-refractivity contribution is -0.127. The summed E-state index contributed by atoms with van der Waals surface area (Å²) in [4.78, 5) is 11.5. The van der Waals surface area contributed by atoms with E-state index in [1.54, 1.807) is 0 Å². The predicted octanol–water partition coefficient (Wildman–Crippen LogP) is 2.79. The van der Waals surface area contributed by atoms with Crippen LogP contribution in [-0.4, -0.2) is 17.0 Å². The van der Waals surface area contributed by atoms with Gasteiger partial charge in [0, 0.05) is 12.8 Å². The topological polar surface area (TPSA) is 37.3 Å². The Hall–Kier alpha value is -0.370. The molecule has 0 aromatic heterocycles. The highest BCUT2D eigenvalue weighted by Crippen LogP contribution is 2.44. The molecule has 3 atom stereocenters. The molecule has 0 aromatic carbocycles. The monoisotopic (exact) mass is 212 g/mol. The van der Waals surface area contributed by atoms with Gasteiger partial charge in [-0.25, -0.2) is 0 Å². The first kappa shape index (κ1) is 12.7. The third-order valence-corrected chi connectivity index (χ3v) is 3.79. The van der Waals surface area contributed by atoms with Gasteiger partial charge in [0.2, 0.25) is 0 Å². The molecule has 1 N–H and O–H groups in total. The standard InChI is InChI=1S/C13H24O2/c1-9-7-11(15)8-13(3,4)12(9)6-5-10(2)14/h9-10,12,14H,5-8H2,1-4H3. The fourth-order valence-electron chi connectivity index (χ4n) is 3.08. The van der Waals surface area contributed by atoms with Crippen molar-refractivity contribution in [3.05, 3.63) is 0 Å². The summed E-state index contributed by atoms with van der Waals surface area (Å²) in [6.45, 7) is 8.39. The Morgan fingerprint density at radius 1 is 1.53 bits per heavy atom. The van der Waals surface area contributed by atoms with Crippen molar-refractivity contribution in [3.8, 4) is 0 Å². The largest absolute Gasteiger partial charge is 0.393 e. The Morgan fingerprint density at radius 3 is 2.60 bits per heavy atom. The number of Topliss-reactive ketones (excluding diaryl/α,β-unsaturated/α-hetero) is 1. The molecule has 0 spiro atoms. The first-order valence-corrected chi connectivity index (χ1v) is 6.02. The summed E-state index contributed by atoms with van der Waals surface area (Å²) in [7, 11) is 0. The summed E-state index contributed by atoms with van der Waals surface area (Å²) < 4.78 is 0. The van der Waals surface area contributed by atoms with Gasteiger partial charge >= 0.3 is 0 Å². The van der Waals surface area contributed by atoms with Gasteiger partial charge < -0.3 is 5.11 Å². The molecule has 0 radical (unpaired) electrons. The van der Waals surface area contributed by atoms with Crippen molar-refractivity contribution in [2.24, 2.45) is 17.3 Å². The van der Waals surface area contributed by atoms with Crippen LogP contribution in [-0.2, 0) is 4.79 Å². The maximum atomic E-state index is 11.5. The van der Waals surface area contributed by atoms with Crippen LogP contribution in [0.5, 0.6) is 0 Å². The van der Waals surface area contributed by atoms with Gasteiger partial charge in [-0.15, -0.1) is 0 Å². The summed E-state index contributed by atoms with van der Waals surface area (Å²) in [6, 6.07) is 0. The Labute approximate surface area is 93.1 Å². The van der Waals surface area contributed by atoms with Crippen LogP contribution in [0.3, 0.4) is 0 Å². The molecule has 0 saturated heterocycles. The van der Waals surface area contributed by atoms with Crippen LogP contribution >= 0.6 is 0 Å². The zero-order chi connectivity index (χ0) is 11.6. The maximum absolute atomic E-state index is 11.5. The lowest BCUT2D eigenvalue weighted by Crippen LogP contribution is -2.38. The minimum atomic E-state index is -0.217. The summed E-state index contributed by atoms with van der Waals surface area (Å²) in [5.74, 6) is 1.45. The molecule has 2 nitrogen and oxygen atoms in total. The average molecular weight is 212 g/mol. The van der Waals surface area contributed by atoms with Crippen LogP contribution in [0.1, 0.15) is 53.4 Å². The summed E-state index contributed by atoms with van der Waals surface area (Å²) >= 11 is 0. The highest BCUT2D eigenvalue weighted by molar-refractivity contribution is 5.80. The third kappa shape index (κ3) is 3.30. The van der Waals surface area contributed by atoms with Gasteiger partial charge in [0.05, 0.1) is 6.10 Å². The molecule has 1 fully saturated rings. The molecular weight excluding hydrogens is 188 g/mol. The van der Waals surface area contributed by atoms with E-state index in [9.17, 15) is 9.90 Å². The van der Waals surface area contributed by atoms with Crippen LogP contribution < -0.4 is 0 Å². The van der Waals surface area contributed by atoms with Crippen LogP contribution in [0.2, 0.25) is 0 Å². The minimum Gasteiger partial charge on any atom is -0.393 e. The predicted molar refractivity (Wildman–Crippen MR) is 61.6 cm³/mol. The fraction of sp³-hybridized carbons (Fsp3) is 0.923. The number of rotatable bonds is 3. The number of ketones is 1. The maximum Gasteiger partial charge on any atom is 0.133 e. The summed E-state index contributed by atoms with van der Waals surface area (Å²) in [5.41, 5.74) is 0.115. The van der Waals surface area contributed by atoms with Crippen molar-refractivity contribution in [2.45, 2.75) is 59.5 Å². The van der Waals surface area contributed by atoms with E-state index < -0.39 is 0 Å². The van der Waals surface area contributed by atoms with Gasteiger partial charge in [-0.3, -0.25) is 4.79 Å². The number of carbonyl (C=O) groups excluding carboxylic acids is 1. The van der Waals surface area contributed by atoms with E-state index in [2.05, 4.69) is 20.8 Å². The third-order valence-electron chi connectivity index (χ3n) is 3.79. The summed E-state index contributed by atoms with van der Waals surface area (Å²) in [5, 5.41) is 9.32. The lowest BCUT2D eigenvalue weighted by atomic mass is 9.62. The van der Waals surface area contributed by atoms with Crippen LogP contribution in [0.15, 0.2) is 0 Å². The molecule has 1 aliphatic rings. The molecule has 2 heteroatoms. The minimum absolute atomic E-state index is 0.115. The van der Waals surface area contributed by atoms with E-state index in [-0.39, 0.29) is 11.5 Å². The quantitative estimate of drug-likeness (QED) is 0.781. The highest BCUT2D eigenvalue weighted by atomic mass is 16.3. The fourth-order valence-corrected chi connectivity index (χ4v) is 3.08. The van der Waals surface area contributed by atoms with E-state index in [4.69, 9.17) is 0 Å². The second kappa shape index (κ2) is 4.65. The first-order valence-electron chi connectivity index (χ1n) is 6.02. The normalized spacial score (nSPS) is 32.7. The van der Waals surface area contributed by atoms with Crippen molar-refractivity contribution in [2.75, 3.05) is 0 Å². The second-order valence-electron chi connectivity index (χ2n) is 5.92. The highest BCUT2D eigenvalue weighted by Gasteiger charge is 2.39. The molecule has 1 aliphatic carbocycles. The molecule has 3 unspecified atom stereocenters. The molecule has 0 amide bonds.